The molecule has 0 saturated carbocycles. The van der Waals surface area contributed by atoms with E-state index in [2.05, 4.69) is 16.0 Å². The molecular weight excluding hydrogens is 162 g/mol. The van der Waals surface area contributed by atoms with Gasteiger partial charge in [0.25, 0.3) is 0 Å². The fourth-order valence-corrected chi connectivity index (χ4v) is 1.37. The van der Waals surface area contributed by atoms with Crippen molar-refractivity contribution in [1.82, 2.24) is 9.97 Å². The Balaban J connectivity index is 2.79. The third-order valence-corrected chi connectivity index (χ3v) is 2.05. The number of H-pyrrole nitrogens is 1. The highest BCUT2D eigenvalue weighted by Gasteiger charge is 2.04. The highest BCUT2D eigenvalue weighted by atomic mass is 14.8. The van der Waals surface area contributed by atoms with Gasteiger partial charge in [-0.1, -0.05) is 6.92 Å². The number of hydrogen-bond donors (Lipinski definition) is 1. The first-order chi connectivity index (χ1) is 6.35. The Hall–Kier alpha value is -1.82. The molecule has 3 nitrogen and oxygen atoms in total. The van der Waals surface area contributed by atoms with Gasteiger partial charge < -0.3 is 4.98 Å². The highest BCUT2D eigenvalue weighted by Crippen LogP contribution is 2.15. The molecule has 13 heavy (non-hydrogen) atoms. The third kappa shape index (κ3) is 1.17. The maximum atomic E-state index is 8.88. The van der Waals surface area contributed by atoms with Crippen LogP contribution in [0.4, 0.5) is 0 Å². The Morgan fingerprint density at radius 2 is 2.46 bits per heavy atom. The van der Waals surface area contributed by atoms with Gasteiger partial charge in [0.1, 0.15) is 6.07 Å². The molecule has 3 heteroatoms. The fourth-order valence-electron chi connectivity index (χ4n) is 1.37. The van der Waals surface area contributed by atoms with Crippen LogP contribution in [0.2, 0.25) is 0 Å². The summed E-state index contributed by atoms with van der Waals surface area (Å²) in [5.74, 6) is 0. The summed E-state index contributed by atoms with van der Waals surface area (Å²) in [4.78, 5) is 7.39. The van der Waals surface area contributed by atoms with Gasteiger partial charge in [0.05, 0.1) is 16.6 Å². The molecule has 2 heterocycles. The molecular formula is C10H9N3. The molecule has 0 fully saturated rings. The van der Waals surface area contributed by atoms with E-state index in [4.69, 9.17) is 5.26 Å². The minimum atomic E-state index is 0.673. The zero-order valence-corrected chi connectivity index (χ0v) is 7.33. The van der Waals surface area contributed by atoms with Crippen LogP contribution in [0.25, 0.3) is 11.0 Å². The van der Waals surface area contributed by atoms with Crippen molar-refractivity contribution in [1.29, 1.82) is 5.26 Å². The summed E-state index contributed by atoms with van der Waals surface area (Å²) < 4.78 is 0. The van der Waals surface area contributed by atoms with E-state index >= 15 is 0 Å². The average Bonchev–Trinajstić information content (AvgIpc) is 2.63. The van der Waals surface area contributed by atoms with Gasteiger partial charge in [-0.15, -0.1) is 0 Å². The predicted octanol–water partition coefficient (Wildman–Crippen LogP) is 2.00. The van der Waals surface area contributed by atoms with E-state index < -0.39 is 0 Å². The number of aryl methyl sites for hydroxylation is 1. The molecule has 0 saturated heterocycles. The molecule has 0 bridgehead atoms. The molecule has 0 aromatic carbocycles. The molecule has 2 aromatic heterocycles. The Bertz CT molecular complexity index is 476. The smallest absolute Gasteiger partial charge is 0.101 e. The zero-order chi connectivity index (χ0) is 9.26. The van der Waals surface area contributed by atoms with Crippen LogP contribution in [0, 0.1) is 11.3 Å². The molecule has 0 amide bonds. The van der Waals surface area contributed by atoms with E-state index in [1.54, 1.807) is 6.20 Å². The zero-order valence-electron chi connectivity index (χ0n) is 7.33. The molecule has 0 aliphatic carbocycles. The van der Waals surface area contributed by atoms with E-state index in [1.807, 2.05) is 19.1 Å². The number of nitrogens with one attached hydrogen (secondary N) is 1. The first-order valence-corrected chi connectivity index (χ1v) is 4.22. The van der Waals surface area contributed by atoms with Crippen LogP contribution in [0.15, 0.2) is 18.3 Å². The van der Waals surface area contributed by atoms with E-state index in [9.17, 15) is 0 Å². The Labute approximate surface area is 76.0 Å². The Kier molecular flexibility index (Phi) is 1.75. The van der Waals surface area contributed by atoms with Gasteiger partial charge in [0, 0.05) is 11.9 Å². The molecule has 64 valence electrons. The van der Waals surface area contributed by atoms with Gasteiger partial charge >= 0.3 is 0 Å². The van der Waals surface area contributed by atoms with Crippen molar-refractivity contribution >= 4 is 11.0 Å². The Morgan fingerprint density at radius 1 is 1.62 bits per heavy atom. The fraction of sp³-hybridized carbons (Fsp3) is 0.200. The molecule has 2 rings (SSSR count). The number of fused-ring (bicyclic) bond motifs is 1. The SMILES string of the molecule is CCc1cc(C#N)c2[nH]ccc2n1. The number of hydrogen-bond acceptors (Lipinski definition) is 2. The molecule has 0 aliphatic rings. The summed E-state index contributed by atoms with van der Waals surface area (Å²) in [7, 11) is 0. The quantitative estimate of drug-likeness (QED) is 0.713. The van der Waals surface area contributed by atoms with Crippen LogP contribution in [-0.2, 0) is 6.42 Å². The van der Waals surface area contributed by atoms with Crippen LogP contribution in [0.3, 0.4) is 0 Å². The number of nitriles is 1. The molecule has 0 unspecified atom stereocenters. The van der Waals surface area contributed by atoms with Gasteiger partial charge in [0.15, 0.2) is 0 Å². The molecule has 0 aliphatic heterocycles. The average molecular weight is 171 g/mol. The lowest BCUT2D eigenvalue weighted by Crippen LogP contribution is -1.89. The standard InChI is InChI=1S/C10H9N3/c1-2-8-5-7(6-11)10-9(13-8)3-4-12-10/h3-5,12H,2H2,1H3. The first-order valence-electron chi connectivity index (χ1n) is 4.22. The summed E-state index contributed by atoms with van der Waals surface area (Å²) in [6.45, 7) is 2.03. The molecule has 1 N–H and O–H groups in total. The number of aromatic nitrogens is 2. The van der Waals surface area contributed by atoms with Gasteiger partial charge in [-0.2, -0.15) is 5.26 Å². The maximum Gasteiger partial charge on any atom is 0.101 e. The Morgan fingerprint density at radius 3 is 3.15 bits per heavy atom. The second-order valence-corrected chi connectivity index (χ2v) is 2.86. The lowest BCUT2D eigenvalue weighted by atomic mass is 10.2. The van der Waals surface area contributed by atoms with Crippen LogP contribution in [0.5, 0.6) is 0 Å². The monoisotopic (exact) mass is 171 g/mol. The molecule has 0 radical (unpaired) electrons. The van der Waals surface area contributed by atoms with Crippen LogP contribution >= 0.6 is 0 Å². The number of pyridine rings is 1. The second-order valence-electron chi connectivity index (χ2n) is 2.86. The van der Waals surface area contributed by atoms with Crippen molar-refractivity contribution in [3.05, 3.63) is 29.6 Å². The normalized spacial score (nSPS) is 10.2. The van der Waals surface area contributed by atoms with E-state index in [0.717, 1.165) is 23.1 Å². The number of rotatable bonds is 1. The minimum Gasteiger partial charge on any atom is -0.359 e. The summed E-state index contributed by atoms with van der Waals surface area (Å²) in [6, 6.07) is 5.88. The number of nitrogens with zero attached hydrogens (tertiary/aromatic N) is 2. The molecule has 0 spiro atoms. The third-order valence-electron chi connectivity index (χ3n) is 2.05. The van der Waals surface area contributed by atoms with Crippen LogP contribution in [-0.4, -0.2) is 9.97 Å². The van der Waals surface area contributed by atoms with Crippen LogP contribution in [0.1, 0.15) is 18.2 Å². The van der Waals surface area contributed by atoms with Crippen LogP contribution < -0.4 is 0 Å². The van der Waals surface area contributed by atoms with E-state index in [1.165, 1.54) is 0 Å². The van der Waals surface area contributed by atoms with Crippen molar-refractivity contribution in [2.24, 2.45) is 0 Å². The van der Waals surface area contributed by atoms with E-state index in [-0.39, 0.29) is 0 Å². The number of aromatic amines is 1. The van der Waals surface area contributed by atoms with Gasteiger partial charge in [-0.3, -0.25) is 4.98 Å². The van der Waals surface area contributed by atoms with Gasteiger partial charge in [-0.05, 0) is 18.6 Å². The van der Waals surface area contributed by atoms with Gasteiger partial charge in [-0.25, -0.2) is 0 Å². The summed E-state index contributed by atoms with van der Waals surface area (Å²) >= 11 is 0. The van der Waals surface area contributed by atoms with Crippen molar-refractivity contribution < 1.29 is 0 Å². The predicted molar refractivity (Wildman–Crippen MR) is 50.2 cm³/mol. The summed E-state index contributed by atoms with van der Waals surface area (Å²) in [6.07, 6.45) is 2.66. The lowest BCUT2D eigenvalue weighted by molar-refractivity contribution is 1.05. The maximum absolute atomic E-state index is 8.88. The van der Waals surface area contributed by atoms with Crippen molar-refractivity contribution in [3.8, 4) is 6.07 Å². The highest BCUT2D eigenvalue weighted by molar-refractivity contribution is 5.81. The van der Waals surface area contributed by atoms with E-state index in [0.29, 0.717) is 5.56 Å². The summed E-state index contributed by atoms with van der Waals surface area (Å²) in [5, 5.41) is 8.88. The molecule has 0 atom stereocenters. The van der Waals surface area contributed by atoms with Crippen molar-refractivity contribution in [3.63, 3.8) is 0 Å². The van der Waals surface area contributed by atoms with Crippen molar-refractivity contribution in [2.75, 3.05) is 0 Å². The minimum absolute atomic E-state index is 0.673. The van der Waals surface area contributed by atoms with Crippen molar-refractivity contribution in [2.45, 2.75) is 13.3 Å². The largest absolute Gasteiger partial charge is 0.359 e. The second kappa shape index (κ2) is 2.91. The summed E-state index contributed by atoms with van der Waals surface area (Å²) in [5.41, 5.74) is 3.34. The molecule has 2 aromatic rings. The first kappa shape index (κ1) is 7.81. The topological polar surface area (TPSA) is 52.5 Å². The van der Waals surface area contributed by atoms with Gasteiger partial charge in [0.2, 0.25) is 0 Å². The lowest BCUT2D eigenvalue weighted by Gasteiger charge is -1.97.